The first-order chi connectivity index (χ1) is 7.70. The molecule has 16 heavy (non-hydrogen) atoms. The molecule has 2 aromatic rings. The average molecular weight is 297 g/mol. The molecule has 1 aromatic carbocycles. The normalized spacial score (nSPS) is 10.7. The van der Waals surface area contributed by atoms with Crippen LogP contribution in [-0.4, -0.2) is 11.5 Å². The van der Waals surface area contributed by atoms with Gasteiger partial charge in [-0.1, -0.05) is 28.1 Å². The highest BCUT2D eigenvalue weighted by Gasteiger charge is 2.08. The third-order valence-corrected chi connectivity index (χ3v) is 4.10. The minimum Gasteiger partial charge on any atom is -0.330 e. The van der Waals surface area contributed by atoms with E-state index in [1.54, 1.807) is 11.3 Å². The predicted octanol–water partition coefficient (Wildman–Crippen LogP) is 3.38. The van der Waals surface area contributed by atoms with Crippen LogP contribution in [0.15, 0.2) is 28.7 Å². The molecule has 0 bridgehead atoms. The van der Waals surface area contributed by atoms with Crippen LogP contribution < -0.4 is 5.73 Å². The molecule has 0 aliphatic rings. The Morgan fingerprint density at radius 3 is 2.62 bits per heavy atom. The lowest BCUT2D eigenvalue weighted by molar-refractivity contribution is 0.946. The van der Waals surface area contributed by atoms with E-state index in [9.17, 15) is 0 Å². The van der Waals surface area contributed by atoms with Crippen LogP contribution in [0.5, 0.6) is 0 Å². The van der Waals surface area contributed by atoms with Crippen LogP contribution in [0.4, 0.5) is 0 Å². The Kier molecular flexibility index (Phi) is 3.74. The van der Waals surface area contributed by atoms with Crippen LogP contribution in [-0.2, 0) is 6.42 Å². The summed E-state index contributed by atoms with van der Waals surface area (Å²) in [5, 5.41) is 1.12. The lowest BCUT2D eigenvalue weighted by Gasteiger charge is -1.98. The first-order valence-corrected chi connectivity index (χ1v) is 6.74. The molecule has 1 aromatic heterocycles. The fraction of sp³-hybridized carbons (Fsp3) is 0.250. The number of aryl methyl sites for hydroxylation is 1. The maximum absolute atomic E-state index is 5.54. The van der Waals surface area contributed by atoms with Crippen molar-refractivity contribution in [3.05, 3.63) is 39.4 Å². The van der Waals surface area contributed by atoms with Crippen molar-refractivity contribution in [1.29, 1.82) is 0 Å². The van der Waals surface area contributed by atoms with Gasteiger partial charge in [0.25, 0.3) is 0 Å². The molecule has 4 heteroatoms. The molecule has 0 fully saturated rings. The highest BCUT2D eigenvalue weighted by molar-refractivity contribution is 9.10. The van der Waals surface area contributed by atoms with Gasteiger partial charge in [0.1, 0.15) is 0 Å². The van der Waals surface area contributed by atoms with Gasteiger partial charge in [0.2, 0.25) is 0 Å². The molecule has 0 unspecified atom stereocenters. The summed E-state index contributed by atoms with van der Waals surface area (Å²) in [4.78, 5) is 5.77. The van der Waals surface area contributed by atoms with E-state index in [0.29, 0.717) is 6.54 Å². The van der Waals surface area contributed by atoms with E-state index in [4.69, 9.17) is 5.73 Å². The minimum absolute atomic E-state index is 0.659. The molecule has 0 aliphatic heterocycles. The Hall–Kier alpha value is -0.710. The second kappa shape index (κ2) is 5.08. The lowest BCUT2D eigenvalue weighted by atomic mass is 10.2. The van der Waals surface area contributed by atoms with Crippen molar-refractivity contribution in [3.63, 3.8) is 0 Å². The number of thiazole rings is 1. The lowest BCUT2D eigenvalue weighted by Crippen LogP contribution is -2.01. The second-order valence-corrected chi connectivity index (χ2v) is 5.57. The van der Waals surface area contributed by atoms with Crippen molar-refractivity contribution >= 4 is 27.3 Å². The standard InChI is InChI=1S/C12H13BrN2S/c1-8-12(16-11(15-8)6-7-14)9-2-4-10(13)5-3-9/h2-5H,6-7,14H2,1H3. The van der Waals surface area contributed by atoms with E-state index in [1.807, 2.05) is 6.92 Å². The molecule has 0 atom stereocenters. The third-order valence-electron chi connectivity index (χ3n) is 2.31. The predicted molar refractivity (Wildman–Crippen MR) is 72.7 cm³/mol. The van der Waals surface area contributed by atoms with Crippen molar-refractivity contribution in [3.8, 4) is 10.4 Å². The molecule has 2 N–H and O–H groups in total. The topological polar surface area (TPSA) is 38.9 Å². The molecular weight excluding hydrogens is 284 g/mol. The van der Waals surface area contributed by atoms with E-state index in [1.165, 1.54) is 10.4 Å². The SMILES string of the molecule is Cc1nc(CCN)sc1-c1ccc(Br)cc1. The molecule has 0 saturated carbocycles. The molecule has 1 heterocycles. The summed E-state index contributed by atoms with van der Waals surface area (Å²) in [6.07, 6.45) is 0.863. The van der Waals surface area contributed by atoms with Gasteiger partial charge in [-0.3, -0.25) is 0 Å². The highest BCUT2D eigenvalue weighted by atomic mass is 79.9. The molecule has 0 radical (unpaired) electrons. The number of nitrogens with zero attached hydrogens (tertiary/aromatic N) is 1. The fourth-order valence-corrected chi connectivity index (χ4v) is 2.90. The molecule has 2 rings (SSSR count). The fourth-order valence-electron chi connectivity index (χ4n) is 1.55. The Morgan fingerprint density at radius 2 is 2.00 bits per heavy atom. The van der Waals surface area contributed by atoms with Gasteiger partial charge < -0.3 is 5.73 Å². The molecular formula is C12H13BrN2S. The van der Waals surface area contributed by atoms with Crippen molar-refractivity contribution < 1.29 is 0 Å². The van der Waals surface area contributed by atoms with Crippen LogP contribution in [0.1, 0.15) is 10.7 Å². The maximum Gasteiger partial charge on any atom is 0.0947 e. The van der Waals surface area contributed by atoms with Gasteiger partial charge in [-0.15, -0.1) is 11.3 Å². The summed E-state index contributed by atoms with van der Waals surface area (Å²) in [7, 11) is 0. The van der Waals surface area contributed by atoms with Crippen molar-refractivity contribution in [2.24, 2.45) is 5.73 Å². The van der Waals surface area contributed by atoms with E-state index >= 15 is 0 Å². The van der Waals surface area contributed by atoms with Crippen molar-refractivity contribution in [1.82, 2.24) is 4.98 Å². The summed E-state index contributed by atoms with van der Waals surface area (Å²) in [5.41, 5.74) is 7.86. The van der Waals surface area contributed by atoms with E-state index in [2.05, 4.69) is 45.2 Å². The Balaban J connectivity index is 2.36. The number of benzene rings is 1. The van der Waals surface area contributed by atoms with Crippen LogP contribution >= 0.6 is 27.3 Å². The number of aromatic nitrogens is 1. The van der Waals surface area contributed by atoms with Crippen LogP contribution in [0.25, 0.3) is 10.4 Å². The van der Waals surface area contributed by atoms with Crippen molar-refractivity contribution in [2.45, 2.75) is 13.3 Å². The number of hydrogen-bond donors (Lipinski definition) is 1. The van der Waals surface area contributed by atoms with E-state index in [0.717, 1.165) is 21.6 Å². The largest absolute Gasteiger partial charge is 0.330 e. The molecule has 0 aliphatic carbocycles. The molecule has 0 saturated heterocycles. The zero-order valence-corrected chi connectivity index (χ0v) is 11.4. The van der Waals surface area contributed by atoms with Gasteiger partial charge >= 0.3 is 0 Å². The summed E-state index contributed by atoms with van der Waals surface area (Å²) in [5.74, 6) is 0. The van der Waals surface area contributed by atoms with Gasteiger partial charge in [0.15, 0.2) is 0 Å². The van der Waals surface area contributed by atoms with Crippen LogP contribution in [0.2, 0.25) is 0 Å². The zero-order valence-electron chi connectivity index (χ0n) is 9.03. The highest BCUT2D eigenvalue weighted by Crippen LogP contribution is 2.30. The zero-order chi connectivity index (χ0) is 11.5. The van der Waals surface area contributed by atoms with Gasteiger partial charge in [0, 0.05) is 10.9 Å². The summed E-state index contributed by atoms with van der Waals surface area (Å²) in [6, 6.07) is 8.32. The summed E-state index contributed by atoms with van der Waals surface area (Å²) >= 11 is 5.17. The van der Waals surface area contributed by atoms with Gasteiger partial charge in [0.05, 0.1) is 15.6 Å². The van der Waals surface area contributed by atoms with Gasteiger partial charge in [-0.05, 0) is 31.2 Å². The van der Waals surface area contributed by atoms with Crippen LogP contribution in [0, 0.1) is 6.92 Å². The van der Waals surface area contributed by atoms with Gasteiger partial charge in [-0.2, -0.15) is 0 Å². The third kappa shape index (κ3) is 2.51. The summed E-state index contributed by atoms with van der Waals surface area (Å²) in [6.45, 7) is 2.71. The van der Waals surface area contributed by atoms with E-state index < -0.39 is 0 Å². The maximum atomic E-state index is 5.54. The monoisotopic (exact) mass is 296 g/mol. The minimum atomic E-state index is 0.659. The number of nitrogens with two attached hydrogens (primary N) is 1. The molecule has 2 nitrogen and oxygen atoms in total. The number of rotatable bonds is 3. The van der Waals surface area contributed by atoms with Crippen LogP contribution in [0.3, 0.4) is 0 Å². The molecule has 0 spiro atoms. The molecule has 0 amide bonds. The summed E-state index contributed by atoms with van der Waals surface area (Å²) < 4.78 is 1.10. The Labute approximate surface area is 108 Å². The van der Waals surface area contributed by atoms with Crippen molar-refractivity contribution in [2.75, 3.05) is 6.54 Å². The molecule has 84 valence electrons. The Morgan fingerprint density at radius 1 is 1.31 bits per heavy atom. The van der Waals surface area contributed by atoms with Gasteiger partial charge in [-0.25, -0.2) is 4.98 Å². The Bertz CT molecular complexity index is 476. The first kappa shape index (κ1) is 11.8. The second-order valence-electron chi connectivity index (χ2n) is 3.57. The quantitative estimate of drug-likeness (QED) is 0.943. The number of halogens is 1. The first-order valence-electron chi connectivity index (χ1n) is 5.13. The average Bonchev–Trinajstić information content (AvgIpc) is 2.61. The van der Waals surface area contributed by atoms with E-state index in [-0.39, 0.29) is 0 Å². The smallest absolute Gasteiger partial charge is 0.0947 e. The number of hydrogen-bond acceptors (Lipinski definition) is 3.